The van der Waals surface area contributed by atoms with Crippen molar-refractivity contribution in [3.05, 3.63) is 63.5 Å². The minimum atomic E-state index is -0.395. The molecule has 0 radical (unpaired) electrons. The number of carbonyl (C=O) groups is 1. The van der Waals surface area contributed by atoms with E-state index in [0.717, 1.165) is 5.56 Å². The highest BCUT2D eigenvalue weighted by molar-refractivity contribution is 5.99. The highest BCUT2D eigenvalue weighted by Gasteiger charge is 2.48. The zero-order valence-electron chi connectivity index (χ0n) is 17.2. The van der Waals surface area contributed by atoms with E-state index in [-0.39, 0.29) is 34.1 Å². The van der Waals surface area contributed by atoms with Crippen molar-refractivity contribution >= 4 is 16.8 Å². The number of carbonyl (C=O) groups excluding carboxylic acids is 1. The SMILES string of the molecule is COc1cc(C2CC2C(=O)c2c(C)n([O-])c3ccccc3[n+]2=O)cc(OC)c1OC. The van der Waals surface area contributed by atoms with Crippen molar-refractivity contribution in [2.75, 3.05) is 21.3 Å². The molecule has 156 valence electrons. The van der Waals surface area contributed by atoms with Gasteiger partial charge in [0.1, 0.15) is 5.52 Å². The molecule has 0 saturated heterocycles. The Morgan fingerprint density at radius 1 is 1.10 bits per heavy atom. The second kappa shape index (κ2) is 7.37. The average molecular weight is 410 g/mol. The molecule has 1 aliphatic carbocycles. The first kappa shape index (κ1) is 19.8. The predicted molar refractivity (Wildman–Crippen MR) is 110 cm³/mol. The smallest absolute Gasteiger partial charge is 0.325 e. The van der Waals surface area contributed by atoms with E-state index in [1.54, 1.807) is 18.2 Å². The van der Waals surface area contributed by atoms with Gasteiger partial charge in [0, 0.05) is 16.9 Å². The average Bonchev–Trinajstić information content (AvgIpc) is 3.57. The molecule has 2 atom stereocenters. The van der Waals surface area contributed by atoms with E-state index in [4.69, 9.17) is 14.2 Å². The van der Waals surface area contributed by atoms with Crippen LogP contribution in [-0.4, -0.2) is 31.8 Å². The fourth-order valence-electron chi connectivity index (χ4n) is 3.97. The summed E-state index contributed by atoms with van der Waals surface area (Å²) in [5.74, 6) is 0.648. The molecular weight excluding hydrogens is 388 g/mol. The number of methoxy groups -OCH3 is 3. The lowest BCUT2D eigenvalue weighted by Crippen LogP contribution is -2.31. The molecule has 0 spiro atoms. The Hall–Kier alpha value is -3.55. The Bertz CT molecular complexity index is 1190. The van der Waals surface area contributed by atoms with E-state index in [2.05, 4.69) is 0 Å². The second-order valence-electron chi connectivity index (χ2n) is 7.28. The standard InChI is InChI=1S/C22H22N2O6/c1-12-20(24(27)17-8-6-5-7-16(17)23(12)26)21(25)15-11-14(15)13-9-18(28-2)22(30-4)19(10-13)29-3/h5-10,14-15H,11H2,1-4H3. The van der Waals surface area contributed by atoms with Crippen LogP contribution in [0.2, 0.25) is 0 Å². The van der Waals surface area contributed by atoms with Crippen molar-refractivity contribution in [3.63, 3.8) is 0 Å². The summed E-state index contributed by atoms with van der Waals surface area (Å²) >= 11 is 0. The maximum absolute atomic E-state index is 13.2. The number of para-hydroxylation sites is 2. The molecule has 1 aliphatic rings. The lowest BCUT2D eigenvalue weighted by molar-refractivity contribution is -0.468. The summed E-state index contributed by atoms with van der Waals surface area (Å²) in [6.07, 6.45) is 0.572. The third-order valence-electron chi connectivity index (χ3n) is 5.65. The number of nitrogens with zero attached hydrogens (tertiary/aromatic N) is 2. The molecule has 3 aromatic rings. The van der Waals surface area contributed by atoms with Gasteiger partial charge < -0.3 is 24.1 Å². The fraction of sp³-hybridized carbons (Fsp3) is 0.318. The minimum Gasteiger partial charge on any atom is -0.805 e. The van der Waals surface area contributed by atoms with Gasteiger partial charge in [0.2, 0.25) is 11.5 Å². The molecule has 0 N–H and O–H groups in total. The van der Waals surface area contributed by atoms with Crippen LogP contribution in [-0.2, 0) is 0 Å². The first-order chi connectivity index (χ1) is 14.4. The molecule has 1 heterocycles. The Balaban J connectivity index is 1.72. The lowest BCUT2D eigenvalue weighted by atomic mass is 10.0. The van der Waals surface area contributed by atoms with Crippen molar-refractivity contribution in [3.8, 4) is 17.2 Å². The molecule has 0 aliphatic heterocycles. The third kappa shape index (κ3) is 2.96. The normalized spacial score (nSPS) is 17.6. The van der Waals surface area contributed by atoms with E-state index >= 15 is 0 Å². The van der Waals surface area contributed by atoms with Gasteiger partial charge in [-0.2, -0.15) is 0 Å². The number of rotatable bonds is 6. The molecule has 2 aromatic carbocycles. The van der Waals surface area contributed by atoms with Crippen LogP contribution in [0.15, 0.2) is 36.4 Å². The van der Waals surface area contributed by atoms with Gasteiger partial charge in [-0.3, -0.25) is 4.79 Å². The highest BCUT2D eigenvalue weighted by atomic mass is 16.5. The van der Waals surface area contributed by atoms with Gasteiger partial charge >= 0.3 is 5.69 Å². The highest BCUT2D eigenvalue weighted by Crippen LogP contribution is 2.52. The number of ether oxygens (including phenoxy) is 3. The maximum atomic E-state index is 13.2. The van der Waals surface area contributed by atoms with Crippen LogP contribution >= 0.6 is 0 Å². The number of ketones is 1. The zero-order chi connectivity index (χ0) is 21.6. The summed E-state index contributed by atoms with van der Waals surface area (Å²) in [6, 6.07) is 10.1. The first-order valence-corrected chi connectivity index (χ1v) is 9.51. The van der Waals surface area contributed by atoms with Crippen LogP contribution in [0.25, 0.3) is 11.0 Å². The monoisotopic (exact) mass is 410 g/mol. The molecular formula is C22H22N2O6. The zero-order valence-corrected chi connectivity index (χ0v) is 17.2. The number of hydrogen-bond acceptors (Lipinski definition) is 6. The van der Waals surface area contributed by atoms with Crippen LogP contribution in [0.3, 0.4) is 0 Å². The van der Waals surface area contributed by atoms with E-state index in [1.807, 2.05) is 12.1 Å². The van der Waals surface area contributed by atoms with Crippen LogP contribution in [0.4, 0.5) is 0 Å². The van der Waals surface area contributed by atoms with Crippen molar-refractivity contribution in [2.45, 2.75) is 19.3 Å². The van der Waals surface area contributed by atoms with Gasteiger partial charge in [0.15, 0.2) is 11.5 Å². The van der Waals surface area contributed by atoms with Gasteiger partial charge in [-0.05, 0) is 43.0 Å². The van der Waals surface area contributed by atoms with E-state index in [0.29, 0.717) is 32.8 Å². The Morgan fingerprint density at radius 2 is 1.73 bits per heavy atom. The molecule has 30 heavy (non-hydrogen) atoms. The van der Waals surface area contributed by atoms with Crippen molar-refractivity contribution < 1.29 is 23.4 Å². The van der Waals surface area contributed by atoms with Gasteiger partial charge in [-0.15, -0.1) is 0 Å². The van der Waals surface area contributed by atoms with Crippen LogP contribution in [0, 0.1) is 23.0 Å². The lowest BCUT2D eigenvalue weighted by Gasteiger charge is -2.16. The number of hydrogen-bond donors (Lipinski definition) is 0. The third-order valence-corrected chi connectivity index (χ3v) is 5.65. The number of aromatic nitrogens is 2. The van der Waals surface area contributed by atoms with Crippen LogP contribution in [0.5, 0.6) is 17.2 Å². The Morgan fingerprint density at radius 3 is 2.33 bits per heavy atom. The fourth-order valence-corrected chi connectivity index (χ4v) is 3.97. The summed E-state index contributed by atoms with van der Waals surface area (Å²) in [7, 11) is 4.59. The number of benzene rings is 2. The Labute approximate surface area is 172 Å². The molecule has 2 unspecified atom stereocenters. The maximum Gasteiger partial charge on any atom is 0.325 e. The van der Waals surface area contributed by atoms with Gasteiger partial charge in [-0.25, -0.2) is 0 Å². The molecule has 1 saturated carbocycles. The molecule has 8 heteroatoms. The summed E-state index contributed by atoms with van der Waals surface area (Å²) in [5.41, 5.74) is 1.26. The number of Topliss-reactive ketones (excluding diaryl/α,β-unsaturated/α-hetero) is 1. The van der Waals surface area contributed by atoms with Crippen molar-refractivity contribution in [1.29, 1.82) is 0 Å². The largest absolute Gasteiger partial charge is 0.805 e. The molecule has 1 aromatic heterocycles. The Kier molecular flexibility index (Phi) is 4.85. The summed E-state index contributed by atoms with van der Waals surface area (Å²) < 4.78 is 17.3. The summed E-state index contributed by atoms with van der Waals surface area (Å²) in [4.78, 5) is 26.1. The van der Waals surface area contributed by atoms with E-state index < -0.39 is 5.92 Å². The van der Waals surface area contributed by atoms with Crippen LogP contribution < -0.4 is 18.6 Å². The summed E-state index contributed by atoms with van der Waals surface area (Å²) in [5, 5.41) is 12.6. The van der Waals surface area contributed by atoms with Gasteiger partial charge in [-0.1, -0.05) is 12.1 Å². The van der Waals surface area contributed by atoms with Gasteiger partial charge in [0.05, 0.1) is 31.5 Å². The quantitative estimate of drug-likeness (QED) is 0.457. The van der Waals surface area contributed by atoms with Crippen molar-refractivity contribution in [1.82, 2.24) is 4.73 Å². The molecule has 0 amide bonds. The van der Waals surface area contributed by atoms with Gasteiger partial charge in [0.25, 0.3) is 5.52 Å². The van der Waals surface area contributed by atoms with E-state index in [1.165, 1.54) is 34.3 Å². The molecule has 4 rings (SSSR count). The molecule has 8 nitrogen and oxygen atoms in total. The molecule has 0 bridgehead atoms. The second-order valence-corrected chi connectivity index (χ2v) is 7.28. The first-order valence-electron chi connectivity index (χ1n) is 9.51. The molecule has 1 fully saturated rings. The van der Waals surface area contributed by atoms with Crippen molar-refractivity contribution in [2.24, 2.45) is 5.92 Å². The summed E-state index contributed by atoms with van der Waals surface area (Å²) in [6.45, 7) is 1.50. The topological polar surface area (TPSA) is 95.7 Å². The van der Waals surface area contributed by atoms with E-state index in [9.17, 15) is 14.9 Å². The number of fused-ring (bicyclic) bond motifs is 1. The predicted octanol–water partition coefficient (Wildman–Crippen LogP) is 3.22. The van der Waals surface area contributed by atoms with Crippen LogP contribution in [0.1, 0.15) is 34.1 Å². The minimum absolute atomic E-state index is 0.0998.